The average molecular weight is 325 g/mol. The van der Waals surface area contributed by atoms with Crippen molar-refractivity contribution < 1.29 is 9.21 Å². The predicted molar refractivity (Wildman–Crippen MR) is 90.8 cm³/mol. The molecule has 0 radical (unpaired) electrons. The molecule has 1 aliphatic rings. The van der Waals surface area contributed by atoms with Crippen LogP contribution in [0.15, 0.2) is 29.0 Å². The Morgan fingerprint density at radius 1 is 1.25 bits per heavy atom. The minimum absolute atomic E-state index is 0.139. The van der Waals surface area contributed by atoms with E-state index in [2.05, 4.69) is 21.0 Å². The SMILES string of the molecule is Cn1ncc2cc(N3CCCCC3)c(-c3nc(C(N)=O)co3)cc21. The van der Waals surface area contributed by atoms with Crippen molar-refractivity contribution >= 4 is 22.5 Å². The van der Waals surface area contributed by atoms with Gasteiger partial charge in [-0.05, 0) is 31.4 Å². The molecule has 24 heavy (non-hydrogen) atoms. The number of nitrogens with two attached hydrogens (primary N) is 1. The Morgan fingerprint density at radius 3 is 2.75 bits per heavy atom. The van der Waals surface area contributed by atoms with Crippen molar-refractivity contribution in [2.24, 2.45) is 12.8 Å². The Balaban J connectivity index is 1.89. The molecule has 124 valence electrons. The largest absolute Gasteiger partial charge is 0.444 e. The molecule has 0 aliphatic carbocycles. The lowest BCUT2D eigenvalue weighted by Gasteiger charge is -2.30. The Labute approximate surface area is 139 Å². The number of oxazole rings is 1. The smallest absolute Gasteiger partial charge is 0.270 e. The number of primary amides is 1. The molecule has 1 aliphatic heterocycles. The molecule has 1 aromatic carbocycles. The zero-order valence-electron chi connectivity index (χ0n) is 13.5. The minimum Gasteiger partial charge on any atom is -0.444 e. The summed E-state index contributed by atoms with van der Waals surface area (Å²) in [5, 5.41) is 5.40. The zero-order chi connectivity index (χ0) is 16.7. The van der Waals surface area contributed by atoms with Gasteiger partial charge in [0.2, 0.25) is 5.89 Å². The number of rotatable bonds is 3. The molecule has 1 saturated heterocycles. The van der Waals surface area contributed by atoms with Crippen LogP contribution < -0.4 is 10.6 Å². The predicted octanol–water partition coefficient (Wildman–Crippen LogP) is 2.32. The van der Waals surface area contributed by atoms with Gasteiger partial charge in [0.1, 0.15) is 6.26 Å². The monoisotopic (exact) mass is 325 g/mol. The van der Waals surface area contributed by atoms with Crippen molar-refractivity contribution in [3.05, 3.63) is 30.3 Å². The molecule has 1 amide bonds. The van der Waals surface area contributed by atoms with Crippen LogP contribution in [0.5, 0.6) is 0 Å². The lowest BCUT2D eigenvalue weighted by molar-refractivity contribution is 0.0995. The summed E-state index contributed by atoms with van der Waals surface area (Å²) in [7, 11) is 1.90. The second-order valence-corrected chi connectivity index (χ2v) is 6.15. The lowest BCUT2D eigenvalue weighted by atomic mass is 10.1. The highest BCUT2D eigenvalue weighted by molar-refractivity contribution is 5.93. The molecule has 4 rings (SSSR count). The number of carbonyl (C=O) groups excluding carboxylic acids is 1. The first-order valence-corrected chi connectivity index (χ1v) is 8.10. The zero-order valence-corrected chi connectivity index (χ0v) is 13.5. The van der Waals surface area contributed by atoms with Gasteiger partial charge in [-0.1, -0.05) is 0 Å². The van der Waals surface area contributed by atoms with Gasteiger partial charge in [0.25, 0.3) is 5.91 Å². The number of nitrogens with zero attached hydrogens (tertiary/aromatic N) is 4. The second kappa shape index (κ2) is 5.67. The second-order valence-electron chi connectivity index (χ2n) is 6.15. The summed E-state index contributed by atoms with van der Waals surface area (Å²) in [4.78, 5) is 17.9. The van der Waals surface area contributed by atoms with Gasteiger partial charge in [-0.25, -0.2) is 4.98 Å². The van der Waals surface area contributed by atoms with Crippen molar-refractivity contribution in [3.63, 3.8) is 0 Å². The van der Waals surface area contributed by atoms with Crippen LogP contribution in [0.1, 0.15) is 29.8 Å². The normalized spacial score (nSPS) is 15.1. The average Bonchev–Trinajstić information content (AvgIpc) is 3.22. The molecular formula is C17H19N5O2. The standard InChI is InChI=1S/C17H19N5O2/c1-21-14-8-12(17-20-13(10-24-17)16(18)23)15(7-11(14)9-19-21)22-5-3-2-4-6-22/h7-10H,2-6H2,1H3,(H2,18,23). The highest BCUT2D eigenvalue weighted by atomic mass is 16.3. The van der Waals surface area contributed by atoms with Crippen LogP contribution in [-0.4, -0.2) is 33.8 Å². The van der Waals surface area contributed by atoms with Gasteiger partial charge in [0.15, 0.2) is 5.69 Å². The van der Waals surface area contributed by atoms with Gasteiger partial charge in [-0.2, -0.15) is 5.10 Å². The Bertz CT molecular complexity index is 905. The van der Waals surface area contributed by atoms with Gasteiger partial charge in [0, 0.05) is 25.5 Å². The van der Waals surface area contributed by atoms with E-state index < -0.39 is 5.91 Å². The minimum atomic E-state index is -0.592. The van der Waals surface area contributed by atoms with Crippen molar-refractivity contribution in [1.82, 2.24) is 14.8 Å². The maximum atomic E-state index is 11.3. The first kappa shape index (κ1) is 14.7. The van der Waals surface area contributed by atoms with Crippen LogP contribution in [0.25, 0.3) is 22.4 Å². The maximum Gasteiger partial charge on any atom is 0.270 e. The van der Waals surface area contributed by atoms with E-state index >= 15 is 0 Å². The fourth-order valence-electron chi connectivity index (χ4n) is 3.27. The molecule has 0 bridgehead atoms. The fourth-order valence-corrected chi connectivity index (χ4v) is 3.27. The molecule has 3 aromatic rings. The summed E-state index contributed by atoms with van der Waals surface area (Å²) in [5.41, 5.74) is 8.35. The molecule has 7 nitrogen and oxygen atoms in total. The summed E-state index contributed by atoms with van der Waals surface area (Å²) < 4.78 is 7.36. The Morgan fingerprint density at radius 2 is 2.04 bits per heavy atom. The third kappa shape index (κ3) is 2.42. The van der Waals surface area contributed by atoms with Crippen LogP contribution in [0.4, 0.5) is 5.69 Å². The number of piperidine rings is 1. The number of hydrogen-bond acceptors (Lipinski definition) is 5. The van der Waals surface area contributed by atoms with E-state index in [1.165, 1.54) is 25.5 Å². The Hall–Kier alpha value is -2.83. The lowest BCUT2D eigenvalue weighted by Crippen LogP contribution is -2.29. The molecule has 7 heteroatoms. The number of carbonyl (C=O) groups is 1. The molecule has 0 spiro atoms. The first-order valence-electron chi connectivity index (χ1n) is 8.10. The molecule has 2 aromatic heterocycles. The summed E-state index contributed by atoms with van der Waals surface area (Å²) in [6.07, 6.45) is 6.76. The topological polar surface area (TPSA) is 90.2 Å². The number of benzene rings is 1. The van der Waals surface area contributed by atoms with Crippen molar-refractivity contribution in [2.45, 2.75) is 19.3 Å². The number of amides is 1. The van der Waals surface area contributed by atoms with E-state index in [0.29, 0.717) is 5.89 Å². The van der Waals surface area contributed by atoms with E-state index in [-0.39, 0.29) is 5.69 Å². The number of aryl methyl sites for hydroxylation is 1. The first-order chi connectivity index (χ1) is 11.6. The highest BCUT2D eigenvalue weighted by Gasteiger charge is 2.21. The van der Waals surface area contributed by atoms with Gasteiger partial charge < -0.3 is 15.1 Å². The van der Waals surface area contributed by atoms with Crippen LogP contribution >= 0.6 is 0 Å². The van der Waals surface area contributed by atoms with E-state index in [9.17, 15) is 4.79 Å². The van der Waals surface area contributed by atoms with Crippen LogP contribution in [0.3, 0.4) is 0 Å². The molecule has 3 heterocycles. The third-order valence-electron chi connectivity index (χ3n) is 4.55. The Kier molecular flexibility index (Phi) is 3.48. The molecule has 0 unspecified atom stereocenters. The van der Waals surface area contributed by atoms with Crippen LogP contribution in [-0.2, 0) is 7.05 Å². The molecular weight excluding hydrogens is 306 g/mol. The third-order valence-corrected chi connectivity index (χ3v) is 4.55. The van der Waals surface area contributed by atoms with E-state index in [0.717, 1.165) is 35.2 Å². The molecule has 2 N–H and O–H groups in total. The molecule has 1 fully saturated rings. The fraction of sp³-hybridized carbons (Fsp3) is 0.353. The van der Waals surface area contributed by atoms with Crippen LogP contribution in [0.2, 0.25) is 0 Å². The van der Waals surface area contributed by atoms with Crippen molar-refractivity contribution in [1.29, 1.82) is 0 Å². The summed E-state index contributed by atoms with van der Waals surface area (Å²) in [6.45, 7) is 2.00. The van der Waals surface area contributed by atoms with Crippen molar-refractivity contribution in [2.75, 3.05) is 18.0 Å². The summed E-state index contributed by atoms with van der Waals surface area (Å²) in [6, 6.07) is 4.14. The van der Waals surface area contributed by atoms with E-state index in [1.54, 1.807) is 0 Å². The summed E-state index contributed by atoms with van der Waals surface area (Å²) in [5.74, 6) is -0.182. The quantitative estimate of drug-likeness (QED) is 0.798. The summed E-state index contributed by atoms with van der Waals surface area (Å²) >= 11 is 0. The van der Waals surface area contributed by atoms with Gasteiger partial charge in [-0.3, -0.25) is 9.48 Å². The van der Waals surface area contributed by atoms with Gasteiger partial charge in [-0.15, -0.1) is 0 Å². The van der Waals surface area contributed by atoms with E-state index in [4.69, 9.17) is 10.2 Å². The molecule has 0 saturated carbocycles. The number of aromatic nitrogens is 3. The van der Waals surface area contributed by atoms with Gasteiger partial charge in [0.05, 0.1) is 23.0 Å². The van der Waals surface area contributed by atoms with Gasteiger partial charge >= 0.3 is 0 Å². The number of hydrogen-bond donors (Lipinski definition) is 1. The highest BCUT2D eigenvalue weighted by Crippen LogP contribution is 2.35. The number of fused-ring (bicyclic) bond motifs is 1. The number of anilines is 1. The van der Waals surface area contributed by atoms with Crippen molar-refractivity contribution in [3.8, 4) is 11.5 Å². The maximum absolute atomic E-state index is 11.3. The van der Waals surface area contributed by atoms with E-state index in [1.807, 2.05) is 24.0 Å². The van der Waals surface area contributed by atoms with Crippen LogP contribution in [0, 0.1) is 0 Å². The molecule has 0 atom stereocenters.